The molecule has 1 saturated heterocycles. The first-order valence-electron chi connectivity index (χ1n) is 5.76. The van der Waals surface area contributed by atoms with E-state index in [1.54, 1.807) is 12.1 Å². The van der Waals surface area contributed by atoms with E-state index in [1.807, 2.05) is 0 Å². The molecule has 19 heavy (non-hydrogen) atoms. The Kier molecular flexibility index (Phi) is 4.91. The number of nitrogens with zero attached hydrogens (tertiary/aromatic N) is 1. The Hall–Kier alpha value is -0.965. The number of ether oxygens (including phenoxy) is 1. The summed E-state index contributed by atoms with van der Waals surface area (Å²) in [5, 5.41) is 21.3. The highest BCUT2D eigenvalue weighted by Crippen LogP contribution is 2.19. The summed E-state index contributed by atoms with van der Waals surface area (Å²) in [7, 11) is -1.65. The first-order chi connectivity index (χ1) is 9.09. The zero-order valence-corrected chi connectivity index (χ0v) is 10.9. The fourth-order valence-corrected chi connectivity index (χ4v) is 2.49. The van der Waals surface area contributed by atoms with Gasteiger partial charge < -0.3 is 24.7 Å². The van der Waals surface area contributed by atoms with Gasteiger partial charge in [-0.15, -0.1) is 0 Å². The van der Waals surface area contributed by atoms with Crippen molar-refractivity contribution in [3.05, 3.63) is 24.3 Å². The third-order valence-electron chi connectivity index (χ3n) is 2.75. The lowest BCUT2D eigenvalue weighted by molar-refractivity contribution is 0.0364. The quantitative estimate of drug-likeness (QED) is 0.433. The highest BCUT2D eigenvalue weighted by atomic mass is 32.2. The Morgan fingerprint density at radius 1 is 1.53 bits per heavy atom. The molecule has 104 valence electrons. The second-order valence-electron chi connectivity index (χ2n) is 4.04. The third-order valence-corrected chi connectivity index (χ3v) is 3.52. The van der Waals surface area contributed by atoms with E-state index in [9.17, 15) is 8.76 Å². The van der Waals surface area contributed by atoms with Gasteiger partial charge in [0.25, 0.3) is 0 Å². The van der Waals surface area contributed by atoms with Gasteiger partial charge in [-0.2, -0.15) is 0 Å². The molecule has 0 spiro atoms. The predicted molar refractivity (Wildman–Crippen MR) is 70.3 cm³/mol. The van der Waals surface area contributed by atoms with Crippen LogP contribution in [0, 0.1) is 0 Å². The van der Waals surface area contributed by atoms with Crippen LogP contribution < -0.4 is 15.1 Å². The van der Waals surface area contributed by atoms with Gasteiger partial charge in [0.15, 0.2) is 6.23 Å². The summed E-state index contributed by atoms with van der Waals surface area (Å²) < 4.78 is 29.2. The van der Waals surface area contributed by atoms with E-state index in [4.69, 9.17) is 14.8 Å². The van der Waals surface area contributed by atoms with Gasteiger partial charge in [0.1, 0.15) is 0 Å². The van der Waals surface area contributed by atoms with Gasteiger partial charge in [-0.25, -0.2) is 0 Å². The molecule has 2 unspecified atom stereocenters. The van der Waals surface area contributed by atoms with Gasteiger partial charge in [-0.1, -0.05) is 12.1 Å². The number of nitrogens with one attached hydrogen (secondary N) is 1. The van der Waals surface area contributed by atoms with Crippen LogP contribution in [0.15, 0.2) is 24.3 Å². The Bertz CT molecular complexity index is 455. The summed E-state index contributed by atoms with van der Waals surface area (Å²) in [5.41, 5.74) is 0.546. The number of morpholine rings is 1. The molecule has 0 amide bonds. The van der Waals surface area contributed by atoms with Gasteiger partial charge in [-0.3, -0.25) is 8.51 Å². The van der Waals surface area contributed by atoms with Crippen LogP contribution in [0.3, 0.4) is 0 Å². The number of anilines is 1. The minimum absolute atomic E-state index is 0.219. The van der Waals surface area contributed by atoms with E-state index in [0.29, 0.717) is 25.4 Å². The molecule has 2 atom stereocenters. The zero-order valence-electron chi connectivity index (χ0n) is 10.1. The Balaban J connectivity index is 2.27. The molecule has 9 heteroatoms. The monoisotopic (exact) mass is 285 g/mol. The lowest BCUT2D eigenvalue weighted by Gasteiger charge is -2.36. The van der Waals surface area contributed by atoms with E-state index < -0.39 is 24.6 Å². The first kappa shape index (κ1) is 14.4. The second-order valence-corrected chi connectivity index (χ2v) is 4.87. The van der Waals surface area contributed by atoms with Crippen molar-refractivity contribution in [1.29, 1.82) is 0 Å². The van der Waals surface area contributed by atoms with Crippen LogP contribution in [0.2, 0.25) is 0 Å². The highest BCUT2D eigenvalue weighted by Gasteiger charge is 2.24. The SMILES string of the molecule is O=S([O-])N(c1cccc(B(O)O)c1)C1CNCCO1. The maximum Gasteiger partial charge on any atom is 0.488 e. The lowest BCUT2D eigenvalue weighted by atomic mass is 9.80. The van der Waals surface area contributed by atoms with Crippen molar-refractivity contribution in [2.24, 2.45) is 0 Å². The second kappa shape index (κ2) is 6.46. The number of hydrogen-bond acceptors (Lipinski definition) is 6. The molecule has 1 aliphatic rings. The minimum Gasteiger partial charge on any atom is -0.755 e. The zero-order chi connectivity index (χ0) is 13.8. The van der Waals surface area contributed by atoms with Gasteiger partial charge in [0.05, 0.1) is 12.3 Å². The summed E-state index contributed by atoms with van der Waals surface area (Å²) >= 11 is -2.52. The number of rotatable bonds is 4. The number of benzene rings is 1. The maximum atomic E-state index is 11.4. The molecule has 1 aromatic carbocycles. The molecule has 7 nitrogen and oxygen atoms in total. The van der Waals surface area contributed by atoms with Crippen molar-refractivity contribution in [3.8, 4) is 0 Å². The van der Waals surface area contributed by atoms with Crippen molar-refractivity contribution in [1.82, 2.24) is 5.32 Å². The molecule has 0 aromatic heterocycles. The standard InChI is InChI=1S/C10H15BN2O5S/c14-11(15)8-2-1-3-9(6-8)13(19(16)17)10-7-12-4-5-18-10/h1-3,6,10,12,14-15H,4-5,7H2,(H,16,17)/p-1. The van der Waals surface area contributed by atoms with E-state index in [-0.39, 0.29) is 5.46 Å². The van der Waals surface area contributed by atoms with Gasteiger partial charge >= 0.3 is 7.12 Å². The minimum atomic E-state index is -2.52. The summed E-state index contributed by atoms with van der Waals surface area (Å²) in [4.78, 5) is 0. The molecule has 3 N–H and O–H groups in total. The third kappa shape index (κ3) is 3.53. The number of hydrogen-bond donors (Lipinski definition) is 3. The Morgan fingerprint density at radius 2 is 2.32 bits per heavy atom. The van der Waals surface area contributed by atoms with Crippen molar-refractivity contribution in [3.63, 3.8) is 0 Å². The van der Waals surface area contributed by atoms with Crippen molar-refractivity contribution >= 4 is 29.5 Å². The summed E-state index contributed by atoms with van der Waals surface area (Å²) in [6, 6.07) is 6.03. The lowest BCUT2D eigenvalue weighted by Crippen LogP contribution is -2.50. The fraction of sp³-hybridized carbons (Fsp3) is 0.400. The van der Waals surface area contributed by atoms with Crippen molar-refractivity contribution in [2.45, 2.75) is 6.23 Å². The van der Waals surface area contributed by atoms with E-state index in [0.717, 1.165) is 4.31 Å². The van der Waals surface area contributed by atoms with E-state index in [1.165, 1.54) is 12.1 Å². The molecular formula is C10H14BN2O5S-. The summed E-state index contributed by atoms with van der Waals surface area (Å²) in [5.74, 6) is 0. The van der Waals surface area contributed by atoms with Crippen LogP contribution in [-0.2, 0) is 16.0 Å². The smallest absolute Gasteiger partial charge is 0.488 e. The molecule has 1 fully saturated rings. The van der Waals surface area contributed by atoms with Crippen molar-refractivity contribution in [2.75, 3.05) is 24.0 Å². The fourth-order valence-electron chi connectivity index (χ4n) is 1.87. The molecule has 2 rings (SSSR count). The molecule has 1 heterocycles. The van der Waals surface area contributed by atoms with Gasteiger partial charge in [-0.05, 0) is 17.6 Å². The Labute approximate surface area is 113 Å². The van der Waals surface area contributed by atoms with Crippen molar-refractivity contribution < 1.29 is 23.5 Å². The first-order valence-corrected chi connectivity index (χ1v) is 6.80. The summed E-state index contributed by atoms with van der Waals surface area (Å²) in [6.45, 7) is 1.46. The normalized spacial score (nSPS) is 20.9. The highest BCUT2D eigenvalue weighted by molar-refractivity contribution is 7.80. The average Bonchev–Trinajstić information content (AvgIpc) is 2.40. The largest absolute Gasteiger partial charge is 0.755 e. The Morgan fingerprint density at radius 3 is 2.89 bits per heavy atom. The maximum absolute atomic E-state index is 11.4. The molecule has 1 aromatic rings. The molecule has 0 bridgehead atoms. The van der Waals surface area contributed by atoms with E-state index >= 15 is 0 Å². The predicted octanol–water partition coefficient (Wildman–Crippen LogP) is -2.09. The summed E-state index contributed by atoms with van der Waals surface area (Å²) in [6.07, 6.45) is -0.641. The molecule has 0 aliphatic carbocycles. The van der Waals surface area contributed by atoms with Crippen LogP contribution in [0.25, 0.3) is 0 Å². The van der Waals surface area contributed by atoms with Gasteiger partial charge in [0, 0.05) is 24.4 Å². The molecule has 0 radical (unpaired) electrons. The molecule has 0 saturated carbocycles. The van der Waals surface area contributed by atoms with Crippen LogP contribution >= 0.6 is 0 Å². The average molecular weight is 285 g/mol. The van der Waals surface area contributed by atoms with E-state index in [2.05, 4.69) is 5.32 Å². The topological polar surface area (TPSA) is 105 Å². The van der Waals surface area contributed by atoms with Crippen LogP contribution in [0.4, 0.5) is 5.69 Å². The van der Waals surface area contributed by atoms with Crippen LogP contribution in [0.5, 0.6) is 0 Å². The van der Waals surface area contributed by atoms with Crippen LogP contribution in [0.1, 0.15) is 0 Å². The molecule has 1 aliphatic heterocycles. The van der Waals surface area contributed by atoms with Crippen LogP contribution in [-0.4, -0.2) is 51.9 Å². The molecular weight excluding hydrogens is 271 g/mol. The van der Waals surface area contributed by atoms with Gasteiger partial charge in [0.2, 0.25) is 0 Å².